The fourth-order valence-corrected chi connectivity index (χ4v) is 5.98. The van der Waals surface area contributed by atoms with Crippen LogP contribution in [0.15, 0.2) is 29.2 Å². The summed E-state index contributed by atoms with van der Waals surface area (Å²) in [7, 11) is -3.46. The standard InChI is InChI=1S/C18H27N3O2S2/c1-3-21(4-2)25(22,23)16-7-5-6-15(12-16)19-18(24)20-17-11-13-8-9-14(17)10-13/h5-7,12-14,17H,3-4,8-11H2,1-2H3,(H2,19,20,24). The van der Waals surface area contributed by atoms with E-state index >= 15 is 0 Å². The Hall–Kier alpha value is -1.18. The normalized spacial score (nSPS) is 25.3. The van der Waals surface area contributed by atoms with Gasteiger partial charge in [-0.1, -0.05) is 26.3 Å². The summed E-state index contributed by atoms with van der Waals surface area (Å²) < 4.78 is 26.8. The third-order valence-corrected chi connectivity index (χ3v) is 7.76. The van der Waals surface area contributed by atoms with Gasteiger partial charge in [-0.3, -0.25) is 0 Å². The zero-order valence-corrected chi connectivity index (χ0v) is 16.5. The monoisotopic (exact) mass is 381 g/mol. The maximum absolute atomic E-state index is 12.6. The first-order valence-corrected chi connectivity index (χ1v) is 11.0. The van der Waals surface area contributed by atoms with Crippen LogP contribution in [0, 0.1) is 11.8 Å². The van der Waals surface area contributed by atoms with Gasteiger partial charge < -0.3 is 10.6 Å². The van der Waals surface area contributed by atoms with Gasteiger partial charge in [-0.15, -0.1) is 0 Å². The SMILES string of the molecule is CCN(CC)S(=O)(=O)c1cccc(NC(=S)NC2CC3CCC2C3)c1. The van der Waals surface area contributed by atoms with Crippen LogP contribution in [0.1, 0.15) is 39.5 Å². The first-order chi connectivity index (χ1) is 11.9. The molecule has 3 unspecified atom stereocenters. The summed E-state index contributed by atoms with van der Waals surface area (Å²) in [4.78, 5) is 0.295. The van der Waals surface area contributed by atoms with Crippen molar-refractivity contribution in [1.82, 2.24) is 9.62 Å². The average molecular weight is 382 g/mol. The molecule has 0 radical (unpaired) electrons. The molecule has 5 nitrogen and oxygen atoms in total. The van der Waals surface area contributed by atoms with Crippen molar-refractivity contribution in [3.63, 3.8) is 0 Å². The van der Waals surface area contributed by atoms with Crippen LogP contribution in [0.2, 0.25) is 0 Å². The van der Waals surface area contributed by atoms with E-state index in [2.05, 4.69) is 10.6 Å². The van der Waals surface area contributed by atoms with Gasteiger partial charge in [-0.2, -0.15) is 4.31 Å². The predicted molar refractivity (Wildman–Crippen MR) is 105 cm³/mol. The molecule has 2 aliphatic rings. The molecule has 0 amide bonds. The number of sulfonamides is 1. The van der Waals surface area contributed by atoms with Crippen LogP contribution in [0.25, 0.3) is 0 Å². The maximum Gasteiger partial charge on any atom is 0.243 e. The number of fused-ring (bicyclic) bond motifs is 2. The molecule has 0 aliphatic heterocycles. The molecular formula is C18H27N3O2S2. The van der Waals surface area contributed by atoms with E-state index in [-0.39, 0.29) is 0 Å². The Bertz CT molecular complexity index is 732. The smallest absolute Gasteiger partial charge is 0.243 e. The minimum atomic E-state index is -3.46. The van der Waals surface area contributed by atoms with Crippen molar-refractivity contribution < 1.29 is 8.42 Å². The van der Waals surface area contributed by atoms with Gasteiger partial charge in [0.15, 0.2) is 5.11 Å². The number of thiocarbonyl (C=S) groups is 1. The number of hydrogen-bond acceptors (Lipinski definition) is 3. The molecule has 7 heteroatoms. The zero-order chi connectivity index (χ0) is 18.0. The van der Waals surface area contributed by atoms with Crippen LogP contribution in [-0.2, 0) is 10.0 Å². The summed E-state index contributed by atoms with van der Waals surface area (Å²) >= 11 is 5.44. The first-order valence-electron chi connectivity index (χ1n) is 9.11. The van der Waals surface area contributed by atoms with E-state index in [1.54, 1.807) is 18.2 Å². The highest BCUT2D eigenvalue weighted by atomic mass is 32.2. The molecule has 0 aromatic heterocycles. The van der Waals surface area contributed by atoms with Crippen molar-refractivity contribution >= 4 is 33.0 Å². The lowest BCUT2D eigenvalue weighted by Crippen LogP contribution is -2.40. The fraction of sp³-hybridized carbons (Fsp3) is 0.611. The second-order valence-corrected chi connectivity index (χ2v) is 9.34. The van der Waals surface area contributed by atoms with Crippen molar-refractivity contribution in [2.24, 2.45) is 11.8 Å². The lowest BCUT2D eigenvalue weighted by atomic mass is 9.96. The third-order valence-electron chi connectivity index (χ3n) is 5.49. The Labute approximate surface area is 156 Å². The first kappa shape index (κ1) is 18.6. The highest BCUT2D eigenvalue weighted by Crippen LogP contribution is 2.44. The second-order valence-electron chi connectivity index (χ2n) is 7.00. The minimum Gasteiger partial charge on any atom is -0.359 e. The van der Waals surface area contributed by atoms with Gasteiger partial charge in [0.05, 0.1) is 4.90 Å². The number of nitrogens with one attached hydrogen (secondary N) is 2. The Morgan fingerprint density at radius 2 is 2.00 bits per heavy atom. The molecule has 0 spiro atoms. The third kappa shape index (κ3) is 3.99. The van der Waals surface area contributed by atoms with Crippen LogP contribution < -0.4 is 10.6 Å². The van der Waals surface area contributed by atoms with Crippen molar-refractivity contribution in [3.8, 4) is 0 Å². The van der Waals surface area contributed by atoms with Crippen LogP contribution in [0.4, 0.5) is 5.69 Å². The predicted octanol–water partition coefficient (Wildman–Crippen LogP) is 3.19. The molecule has 2 bridgehead atoms. The number of anilines is 1. The molecule has 0 saturated heterocycles. The summed E-state index contributed by atoms with van der Waals surface area (Å²) in [5.74, 6) is 1.59. The highest BCUT2D eigenvalue weighted by Gasteiger charge is 2.39. The number of rotatable bonds is 6. The molecule has 2 aliphatic carbocycles. The zero-order valence-electron chi connectivity index (χ0n) is 14.9. The topological polar surface area (TPSA) is 61.4 Å². The van der Waals surface area contributed by atoms with Gasteiger partial charge >= 0.3 is 0 Å². The van der Waals surface area contributed by atoms with Gasteiger partial charge in [-0.05, 0) is 61.5 Å². The average Bonchev–Trinajstić information content (AvgIpc) is 3.18. The van der Waals surface area contributed by atoms with Crippen LogP contribution >= 0.6 is 12.2 Å². The molecule has 138 valence electrons. The summed E-state index contributed by atoms with van der Waals surface area (Å²) in [6.07, 6.45) is 5.16. The summed E-state index contributed by atoms with van der Waals surface area (Å²) in [6, 6.07) is 7.34. The summed E-state index contributed by atoms with van der Waals surface area (Å²) in [5.41, 5.74) is 0.703. The van der Waals surface area contributed by atoms with Gasteiger partial charge in [0.25, 0.3) is 0 Å². The van der Waals surface area contributed by atoms with Crippen LogP contribution in [-0.4, -0.2) is 37.0 Å². The molecule has 3 atom stereocenters. The van der Waals surface area contributed by atoms with Crippen LogP contribution in [0.3, 0.4) is 0 Å². The second kappa shape index (κ2) is 7.60. The molecule has 1 aromatic rings. The molecule has 0 heterocycles. The van der Waals surface area contributed by atoms with Gasteiger partial charge in [0.1, 0.15) is 0 Å². The van der Waals surface area contributed by atoms with E-state index in [0.717, 1.165) is 11.8 Å². The lowest BCUT2D eigenvalue weighted by Gasteiger charge is -2.24. The van der Waals surface area contributed by atoms with E-state index in [0.29, 0.717) is 34.8 Å². The molecular weight excluding hydrogens is 354 g/mol. The lowest BCUT2D eigenvalue weighted by molar-refractivity contribution is 0.392. The molecule has 2 fully saturated rings. The van der Waals surface area contributed by atoms with Crippen molar-refractivity contribution in [2.45, 2.75) is 50.5 Å². The molecule has 2 saturated carbocycles. The molecule has 25 heavy (non-hydrogen) atoms. The summed E-state index contributed by atoms with van der Waals surface area (Å²) in [6.45, 7) is 4.61. The van der Waals surface area contributed by atoms with Gasteiger partial charge in [0, 0.05) is 24.8 Å². The number of benzene rings is 1. The molecule has 3 rings (SSSR count). The van der Waals surface area contributed by atoms with Crippen molar-refractivity contribution in [3.05, 3.63) is 24.3 Å². The van der Waals surface area contributed by atoms with Crippen molar-refractivity contribution in [2.75, 3.05) is 18.4 Å². The van der Waals surface area contributed by atoms with E-state index in [4.69, 9.17) is 12.2 Å². The van der Waals surface area contributed by atoms with Crippen molar-refractivity contribution in [1.29, 1.82) is 0 Å². The Morgan fingerprint density at radius 3 is 2.60 bits per heavy atom. The highest BCUT2D eigenvalue weighted by molar-refractivity contribution is 7.89. The van der Waals surface area contributed by atoms with Gasteiger partial charge in [-0.25, -0.2) is 8.42 Å². The quantitative estimate of drug-likeness (QED) is 0.741. The van der Waals surface area contributed by atoms with Crippen LogP contribution in [0.5, 0.6) is 0 Å². The largest absolute Gasteiger partial charge is 0.359 e. The van der Waals surface area contributed by atoms with E-state index in [9.17, 15) is 8.42 Å². The Kier molecular flexibility index (Phi) is 5.65. The van der Waals surface area contributed by atoms with Gasteiger partial charge in [0.2, 0.25) is 10.0 Å². The summed E-state index contributed by atoms with van der Waals surface area (Å²) in [5, 5.41) is 7.15. The molecule has 1 aromatic carbocycles. The maximum atomic E-state index is 12.6. The Balaban J connectivity index is 1.66. The minimum absolute atomic E-state index is 0.295. The van der Waals surface area contributed by atoms with E-state index < -0.39 is 10.0 Å². The fourth-order valence-electron chi connectivity index (χ4n) is 4.20. The number of hydrogen-bond donors (Lipinski definition) is 2. The van der Waals surface area contributed by atoms with E-state index in [1.165, 1.54) is 30.0 Å². The Morgan fingerprint density at radius 1 is 1.24 bits per heavy atom. The molecule has 2 N–H and O–H groups in total. The van der Waals surface area contributed by atoms with E-state index in [1.807, 2.05) is 19.9 Å². The number of nitrogens with zero attached hydrogens (tertiary/aromatic N) is 1.